The molecule has 3 atom stereocenters. The third kappa shape index (κ3) is 4.22. The first-order chi connectivity index (χ1) is 8.77. The number of ether oxygens (including phenoxy) is 1. The third-order valence-corrected chi connectivity index (χ3v) is 4.87. The maximum Gasteiger partial charge on any atom is 0.0594 e. The summed E-state index contributed by atoms with van der Waals surface area (Å²) in [4.78, 5) is 2.53. The van der Waals surface area contributed by atoms with Gasteiger partial charge in [0.25, 0.3) is 0 Å². The summed E-state index contributed by atoms with van der Waals surface area (Å²) in [6.07, 6.45) is 5.49. The van der Waals surface area contributed by atoms with Crippen LogP contribution in [0, 0.1) is 11.8 Å². The fourth-order valence-electron chi connectivity index (χ4n) is 3.28. The fraction of sp³-hybridized carbons (Fsp3) is 1.00. The van der Waals surface area contributed by atoms with Gasteiger partial charge in [0.2, 0.25) is 0 Å². The zero-order valence-electron chi connectivity index (χ0n) is 12.2. The Morgan fingerprint density at radius 1 is 1.17 bits per heavy atom. The lowest BCUT2D eigenvalue weighted by molar-refractivity contribution is 0.0372. The Kier molecular flexibility index (Phi) is 5.93. The van der Waals surface area contributed by atoms with Crippen LogP contribution < -0.4 is 5.32 Å². The van der Waals surface area contributed by atoms with Gasteiger partial charge in [-0.1, -0.05) is 26.7 Å². The van der Waals surface area contributed by atoms with Crippen LogP contribution in [0.1, 0.15) is 39.5 Å². The molecule has 0 aromatic rings. The predicted octanol–water partition coefficient (Wildman–Crippen LogP) is 2.12. The molecule has 0 amide bonds. The molecule has 2 aliphatic rings. The summed E-state index contributed by atoms with van der Waals surface area (Å²) in [5, 5.41) is 3.78. The average Bonchev–Trinajstić information content (AvgIpc) is 2.40. The zero-order valence-corrected chi connectivity index (χ0v) is 12.2. The van der Waals surface area contributed by atoms with Crippen molar-refractivity contribution in [3.63, 3.8) is 0 Å². The van der Waals surface area contributed by atoms with Crippen LogP contribution in [0.4, 0.5) is 0 Å². The molecule has 3 heteroatoms. The van der Waals surface area contributed by atoms with Gasteiger partial charge in [-0.2, -0.15) is 0 Å². The summed E-state index contributed by atoms with van der Waals surface area (Å²) in [5.74, 6) is 1.75. The van der Waals surface area contributed by atoms with Gasteiger partial charge in [0.1, 0.15) is 0 Å². The summed E-state index contributed by atoms with van der Waals surface area (Å²) in [5.41, 5.74) is 0. The van der Waals surface area contributed by atoms with Gasteiger partial charge in [0.05, 0.1) is 13.2 Å². The first-order valence-electron chi connectivity index (χ1n) is 7.81. The Hall–Kier alpha value is -0.120. The number of rotatable bonds is 5. The van der Waals surface area contributed by atoms with E-state index in [0.717, 1.165) is 44.2 Å². The van der Waals surface area contributed by atoms with E-state index in [-0.39, 0.29) is 0 Å². The minimum Gasteiger partial charge on any atom is -0.379 e. The SMILES string of the molecule is CC1CCCC(NCCCN2CCOCC2)C1C. The molecule has 3 unspecified atom stereocenters. The van der Waals surface area contributed by atoms with E-state index in [2.05, 4.69) is 24.1 Å². The molecule has 18 heavy (non-hydrogen) atoms. The van der Waals surface area contributed by atoms with Crippen LogP contribution in [-0.2, 0) is 4.74 Å². The molecule has 0 spiro atoms. The number of hydrogen-bond acceptors (Lipinski definition) is 3. The monoisotopic (exact) mass is 254 g/mol. The van der Waals surface area contributed by atoms with Gasteiger partial charge in [0, 0.05) is 19.1 Å². The van der Waals surface area contributed by atoms with E-state index in [9.17, 15) is 0 Å². The summed E-state index contributed by atoms with van der Waals surface area (Å²) in [6, 6.07) is 0.762. The molecule has 1 saturated heterocycles. The van der Waals surface area contributed by atoms with Gasteiger partial charge in [0.15, 0.2) is 0 Å². The number of hydrogen-bond donors (Lipinski definition) is 1. The number of nitrogens with one attached hydrogen (secondary N) is 1. The van der Waals surface area contributed by atoms with Gasteiger partial charge in [-0.15, -0.1) is 0 Å². The Labute approximate surface area is 112 Å². The minimum atomic E-state index is 0.762. The third-order valence-electron chi connectivity index (χ3n) is 4.87. The van der Waals surface area contributed by atoms with Crippen molar-refractivity contribution in [2.45, 2.75) is 45.6 Å². The maximum absolute atomic E-state index is 5.37. The summed E-state index contributed by atoms with van der Waals surface area (Å²) < 4.78 is 5.37. The van der Waals surface area contributed by atoms with Crippen molar-refractivity contribution in [1.29, 1.82) is 0 Å². The molecule has 0 aromatic carbocycles. The van der Waals surface area contributed by atoms with Crippen LogP contribution in [0.25, 0.3) is 0 Å². The van der Waals surface area contributed by atoms with Crippen LogP contribution in [-0.4, -0.2) is 50.3 Å². The van der Waals surface area contributed by atoms with Crippen LogP contribution in [0.5, 0.6) is 0 Å². The molecule has 1 aliphatic heterocycles. The van der Waals surface area contributed by atoms with Crippen molar-refractivity contribution in [3.8, 4) is 0 Å². The highest BCUT2D eigenvalue weighted by Gasteiger charge is 2.26. The lowest BCUT2D eigenvalue weighted by atomic mass is 9.78. The first-order valence-corrected chi connectivity index (χ1v) is 7.81. The molecule has 2 fully saturated rings. The maximum atomic E-state index is 5.37. The molecular formula is C15H30N2O. The molecule has 1 aliphatic carbocycles. The van der Waals surface area contributed by atoms with E-state index in [1.165, 1.54) is 38.8 Å². The van der Waals surface area contributed by atoms with E-state index in [1.807, 2.05) is 0 Å². The van der Waals surface area contributed by atoms with Gasteiger partial charge in [-0.05, 0) is 37.8 Å². The van der Waals surface area contributed by atoms with Crippen molar-refractivity contribution in [1.82, 2.24) is 10.2 Å². The van der Waals surface area contributed by atoms with Crippen molar-refractivity contribution < 1.29 is 4.74 Å². The summed E-state index contributed by atoms with van der Waals surface area (Å²) in [6.45, 7) is 11.3. The van der Waals surface area contributed by atoms with E-state index in [0.29, 0.717) is 0 Å². The lowest BCUT2D eigenvalue weighted by Crippen LogP contribution is -2.42. The standard InChI is InChI=1S/C15H30N2O/c1-13-5-3-6-15(14(13)2)16-7-4-8-17-9-11-18-12-10-17/h13-16H,3-12H2,1-2H3. The number of morpholine rings is 1. The quantitative estimate of drug-likeness (QED) is 0.761. The van der Waals surface area contributed by atoms with Crippen molar-refractivity contribution in [2.75, 3.05) is 39.4 Å². The fourth-order valence-corrected chi connectivity index (χ4v) is 3.28. The highest BCUT2D eigenvalue weighted by molar-refractivity contribution is 4.82. The molecule has 0 bridgehead atoms. The Bertz CT molecular complexity index is 229. The van der Waals surface area contributed by atoms with Crippen molar-refractivity contribution in [3.05, 3.63) is 0 Å². The van der Waals surface area contributed by atoms with Gasteiger partial charge in [-0.3, -0.25) is 4.90 Å². The second-order valence-electron chi connectivity index (χ2n) is 6.14. The average molecular weight is 254 g/mol. The first kappa shape index (κ1) is 14.3. The topological polar surface area (TPSA) is 24.5 Å². The molecule has 106 valence electrons. The molecule has 0 aromatic heterocycles. The van der Waals surface area contributed by atoms with E-state index >= 15 is 0 Å². The Balaban J connectivity index is 1.57. The van der Waals surface area contributed by atoms with Crippen LogP contribution >= 0.6 is 0 Å². The van der Waals surface area contributed by atoms with Crippen molar-refractivity contribution >= 4 is 0 Å². The second kappa shape index (κ2) is 7.46. The molecule has 3 nitrogen and oxygen atoms in total. The highest BCUT2D eigenvalue weighted by atomic mass is 16.5. The minimum absolute atomic E-state index is 0.762. The summed E-state index contributed by atoms with van der Waals surface area (Å²) in [7, 11) is 0. The second-order valence-corrected chi connectivity index (χ2v) is 6.14. The zero-order chi connectivity index (χ0) is 12.8. The van der Waals surface area contributed by atoms with E-state index in [1.54, 1.807) is 0 Å². The molecule has 1 N–H and O–H groups in total. The molecule has 2 rings (SSSR count). The Morgan fingerprint density at radius 2 is 1.94 bits per heavy atom. The molecular weight excluding hydrogens is 224 g/mol. The lowest BCUT2D eigenvalue weighted by Gasteiger charge is -2.35. The van der Waals surface area contributed by atoms with Gasteiger partial charge in [-0.25, -0.2) is 0 Å². The predicted molar refractivity (Wildman–Crippen MR) is 75.8 cm³/mol. The smallest absolute Gasteiger partial charge is 0.0594 e. The molecule has 1 heterocycles. The van der Waals surface area contributed by atoms with Gasteiger partial charge < -0.3 is 10.1 Å². The van der Waals surface area contributed by atoms with Crippen molar-refractivity contribution in [2.24, 2.45) is 11.8 Å². The van der Waals surface area contributed by atoms with Gasteiger partial charge >= 0.3 is 0 Å². The van der Waals surface area contributed by atoms with E-state index < -0.39 is 0 Å². The van der Waals surface area contributed by atoms with Crippen LogP contribution in [0.3, 0.4) is 0 Å². The largest absolute Gasteiger partial charge is 0.379 e. The summed E-state index contributed by atoms with van der Waals surface area (Å²) >= 11 is 0. The highest BCUT2D eigenvalue weighted by Crippen LogP contribution is 2.29. The molecule has 1 saturated carbocycles. The van der Waals surface area contributed by atoms with E-state index in [4.69, 9.17) is 4.74 Å². The van der Waals surface area contributed by atoms with Crippen LogP contribution in [0.2, 0.25) is 0 Å². The molecule has 0 radical (unpaired) electrons. The Morgan fingerprint density at radius 3 is 2.72 bits per heavy atom. The number of nitrogens with zero attached hydrogens (tertiary/aromatic N) is 1. The van der Waals surface area contributed by atoms with Crippen LogP contribution in [0.15, 0.2) is 0 Å². The normalized spacial score (nSPS) is 34.7.